The first-order chi connectivity index (χ1) is 10.6. The second kappa shape index (κ2) is 6.42. The molecule has 2 N–H and O–H groups in total. The molecule has 120 valence electrons. The molecule has 4 nitrogen and oxygen atoms in total. The average Bonchev–Trinajstić information content (AvgIpc) is 2.74. The minimum absolute atomic E-state index is 0.307. The van der Waals surface area contributed by atoms with Crippen LogP contribution < -0.4 is 9.44 Å². The average molecular weight is 320 g/mol. The lowest BCUT2D eigenvalue weighted by molar-refractivity contribution is 0.548. The smallest absolute Gasteiger partial charge is 0.275 e. The summed E-state index contributed by atoms with van der Waals surface area (Å²) in [7, 11) is -3.44. The highest BCUT2D eigenvalue weighted by atomic mass is 32.2. The van der Waals surface area contributed by atoms with Crippen molar-refractivity contribution in [2.75, 3.05) is 6.54 Å². The fraction of sp³-hybridized carbons (Fsp3) is 0.529. The summed E-state index contributed by atoms with van der Waals surface area (Å²) in [5.41, 5.74) is 4.91. The number of hydrogen-bond donors (Lipinski definition) is 2. The maximum atomic E-state index is 12.2. The Morgan fingerprint density at radius 2 is 2.00 bits per heavy atom. The van der Waals surface area contributed by atoms with Crippen molar-refractivity contribution in [1.29, 1.82) is 0 Å². The van der Waals surface area contributed by atoms with Crippen molar-refractivity contribution in [3.8, 4) is 0 Å². The molecule has 0 saturated carbocycles. The van der Waals surface area contributed by atoms with E-state index in [1.807, 2.05) is 0 Å². The highest BCUT2D eigenvalue weighted by Crippen LogP contribution is 2.39. The van der Waals surface area contributed by atoms with Gasteiger partial charge < -0.3 is 0 Å². The lowest BCUT2D eigenvalue weighted by Gasteiger charge is -2.17. The first kappa shape index (κ1) is 15.6. The van der Waals surface area contributed by atoms with E-state index in [9.17, 15) is 8.42 Å². The predicted molar refractivity (Wildman–Crippen MR) is 88.6 cm³/mol. The Kier molecular flexibility index (Phi) is 4.54. The fourth-order valence-corrected chi connectivity index (χ4v) is 4.53. The Labute approximate surface area is 133 Å². The van der Waals surface area contributed by atoms with E-state index in [2.05, 4.69) is 40.6 Å². The van der Waals surface area contributed by atoms with E-state index in [1.54, 1.807) is 0 Å². The molecule has 0 fully saturated rings. The molecule has 0 aromatic heterocycles. The summed E-state index contributed by atoms with van der Waals surface area (Å²) in [5, 5.41) is 0. The number of nitrogens with one attached hydrogen (secondary N) is 2. The molecule has 1 unspecified atom stereocenters. The molecule has 1 atom stereocenters. The minimum Gasteiger partial charge on any atom is -0.275 e. The van der Waals surface area contributed by atoms with Crippen LogP contribution in [-0.4, -0.2) is 15.0 Å². The van der Waals surface area contributed by atoms with Gasteiger partial charge >= 0.3 is 0 Å². The lowest BCUT2D eigenvalue weighted by Crippen LogP contribution is -2.38. The Hall–Kier alpha value is -1.33. The number of hydrogen-bond acceptors (Lipinski definition) is 2. The van der Waals surface area contributed by atoms with Crippen LogP contribution in [0.4, 0.5) is 0 Å². The second-order valence-electron chi connectivity index (χ2n) is 6.26. The zero-order valence-electron chi connectivity index (χ0n) is 13.1. The molecule has 2 aliphatic rings. The van der Waals surface area contributed by atoms with Gasteiger partial charge in [-0.15, -0.1) is 0 Å². The lowest BCUT2D eigenvalue weighted by atomic mass is 9.92. The topological polar surface area (TPSA) is 58.2 Å². The summed E-state index contributed by atoms with van der Waals surface area (Å²) < 4.78 is 29.9. The van der Waals surface area contributed by atoms with Gasteiger partial charge in [-0.2, -0.15) is 13.1 Å². The minimum atomic E-state index is -3.44. The van der Waals surface area contributed by atoms with Crippen LogP contribution >= 0.6 is 0 Å². The number of allylic oxidation sites excluding steroid dienone is 2. The summed E-state index contributed by atoms with van der Waals surface area (Å²) in [6.45, 7) is 2.55. The Morgan fingerprint density at radius 3 is 2.77 bits per heavy atom. The van der Waals surface area contributed by atoms with Gasteiger partial charge in [-0.1, -0.05) is 37.6 Å². The van der Waals surface area contributed by atoms with Crippen LogP contribution in [-0.2, 0) is 23.1 Å². The van der Waals surface area contributed by atoms with E-state index < -0.39 is 10.2 Å². The van der Waals surface area contributed by atoms with Gasteiger partial charge in [0.15, 0.2) is 0 Å². The van der Waals surface area contributed by atoms with E-state index in [1.165, 1.54) is 16.7 Å². The monoisotopic (exact) mass is 320 g/mol. The van der Waals surface area contributed by atoms with E-state index in [-0.39, 0.29) is 0 Å². The first-order valence-corrected chi connectivity index (χ1v) is 9.63. The molecule has 0 radical (unpaired) electrons. The number of fused-ring (bicyclic) bond motifs is 2. The van der Waals surface area contributed by atoms with Crippen LogP contribution in [0, 0.1) is 5.92 Å². The van der Waals surface area contributed by atoms with Crippen molar-refractivity contribution in [2.24, 2.45) is 5.92 Å². The van der Waals surface area contributed by atoms with E-state index in [0.29, 0.717) is 12.5 Å². The van der Waals surface area contributed by atoms with Gasteiger partial charge in [0.1, 0.15) is 0 Å². The van der Waals surface area contributed by atoms with Crippen LogP contribution in [0.25, 0.3) is 0 Å². The highest BCUT2D eigenvalue weighted by Gasteiger charge is 2.31. The Morgan fingerprint density at radius 1 is 1.23 bits per heavy atom. The van der Waals surface area contributed by atoms with Gasteiger partial charge in [-0.3, -0.25) is 4.72 Å². The van der Waals surface area contributed by atoms with Crippen molar-refractivity contribution < 1.29 is 8.42 Å². The third-order valence-electron chi connectivity index (χ3n) is 4.64. The zero-order valence-corrected chi connectivity index (χ0v) is 13.9. The number of benzene rings is 1. The summed E-state index contributed by atoms with van der Waals surface area (Å²) in [6.07, 6.45) is 5.71. The number of rotatable bonds is 6. The van der Waals surface area contributed by atoms with Crippen molar-refractivity contribution in [3.63, 3.8) is 0 Å². The van der Waals surface area contributed by atoms with Crippen molar-refractivity contribution in [2.45, 2.75) is 45.4 Å². The predicted octanol–water partition coefficient (Wildman–Crippen LogP) is 2.67. The SMILES string of the molecule is CCCCNS(=O)(=O)NC1=C2CCC1Cc1ccccc1C2. The molecule has 3 rings (SSSR count). The molecule has 0 saturated heterocycles. The Balaban J connectivity index is 1.77. The third kappa shape index (κ3) is 3.36. The Bertz CT molecular complexity index is 680. The molecule has 5 heteroatoms. The maximum absolute atomic E-state index is 12.2. The largest absolute Gasteiger partial charge is 0.298 e. The molecule has 0 heterocycles. The summed E-state index contributed by atoms with van der Waals surface area (Å²) in [5.74, 6) is 0.307. The maximum Gasteiger partial charge on any atom is 0.298 e. The van der Waals surface area contributed by atoms with Crippen molar-refractivity contribution in [1.82, 2.24) is 9.44 Å². The molecule has 1 aromatic rings. The van der Waals surface area contributed by atoms with Crippen LogP contribution in [0.1, 0.15) is 43.7 Å². The second-order valence-corrected chi connectivity index (χ2v) is 7.76. The molecular weight excluding hydrogens is 296 g/mol. The highest BCUT2D eigenvalue weighted by molar-refractivity contribution is 7.87. The summed E-state index contributed by atoms with van der Waals surface area (Å²) in [4.78, 5) is 0. The van der Waals surface area contributed by atoms with Crippen molar-refractivity contribution in [3.05, 3.63) is 46.7 Å². The quantitative estimate of drug-likeness (QED) is 0.792. The molecule has 0 aliphatic heterocycles. The van der Waals surface area contributed by atoms with Gasteiger partial charge in [0.05, 0.1) is 0 Å². The fourth-order valence-electron chi connectivity index (χ4n) is 3.45. The van der Waals surface area contributed by atoms with Crippen LogP contribution in [0.5, 0.6) is 0 Å². The standard InChI is InChI=1S/C17H24N2O2S/c1-2-3-10-18-22(20,21)19-17-15-8-9-16(17)12-14-7-5-4-6-13(14)11-15/h4-7,15,18-19H,2-3,8-12H2,1H3. The third-order valence-corrected chi connectivity index (χ3v) is 5.71. The van der Waals surface area contributed by atoms with Crippen LogP contribution in [0.15, 0.2) is 35.5 Å². The number of unbranched alkanes of at least 4 members (excludes halogenated alkanes) is 1. The molecule has 2 aliphatic carbocycles. The molecule has 22 heavy (non-hydrogen) atoms. The van der Waals surface area contributed by atoms with Gasteiger partial charge in [-0.05, 0) is 48.8 Å². The molecule has 1 aromatic carbocycles. The summed E-state index contributed by atoms with van der Waals surface area (Å²) in [6, 6.07) is 8.46. The molecule has 2 bridgehead atoms. The van der Waals surface area contributed by atoms with Crippen LogP contribution in [0.3, 0.4) is 0 Å². The van der Waals surface area contributed by atoms with E-state index >= 15 is 0 Å². The van der Waals surface area contributed by atoms with Crippen molar-refractivity contribution >= 4 is 10.2 Å². The van der Waals surface area contributed by atoms with Gasteiger partial charge in [0.2, 0.25) is 0 Å². The van der Waals surface area contributed by atoms with Crippen LogP contribution in [0.2, 0.25) is 0 Å². The van der Waals surface area contributed by atoms with Gasteiger partial charge in [-0.25, -0.2) is 0 Å². The first-order valence-electron chi connectivity index (χ1n) is 8.15. The summed E-state index contributed by atoms with van der Waals surface area (Å²) >= 11 is 0. The molecule has 0 spiro atoms. The molecule has 0 amide bonds. The molecular formula is C17H24N2O2S. The van der Waals surface area contributed by atoms with E-state index in [0.717, 1.165) is 44.2 Å². The van der Waals surface area contributed by atoms with Gasteiger partial charge in [0.25, 0.3) is 10.2 Å². The normalized spacial score (nSPS) is 20.7. The van der Waals surface area contributed by atoms with E-state index in [4.69, 9.17) is 0 Å². The van der Waals surface area contributed by atoms with Gasteiger partial charge in [0, 0.05) is 18.2 Å². The zero-order chi connectivity index (χ0) is 15.6.